The van der Waals surface area contributed by atoms with Crippen molar-refractivity contribution in [1.29, 1.82) is 0 Å². The van der Waals surface area contributed by atoms with Crippen LogP contribution in [0.1, 0.15) is 77.6 Å². The third-order valence-electron chi connectivity index (χ3n) is 5.89. The lowest BCUT2D eigenvalue weighted by atomic mass is 9.87. The SMILES string of the molecule is C=C(F)C(O)(C/C=C/[C@H]1[C@H](O)CC(=O)[C@@H]1CCCCCCC(=O)CO)CCCC. The number of aliphatic hydroxyl groups is 3. The smallest absolute Gasteiger partial charge is 0.158 e. The summed E-state index contributed by atoms with van der Waals surface area (Å²) < 4.78 is 13.7. The maximum Gasteiger partial charge on any atom is 0.158 e. The molecule has 0 aliphatic heterocycles. The molecule has 1 fully saturated rings. The minimum atomic E-state index is -1.60. The number of halogens is 1. The van der Waals surface area contributed by atoms with E-state index in [-0.39, 0.29) is 42.7 Å². The van der Waals surface area contributed by atoms with E-state index < -0.39 is 24.1 Å². The number of hydrogen-bond donors (Lipinski definition) is 3. The Morgan fingerprint density at radius 3 is 2.59 bits per heavy atom. The van der Waals surface area contributed by atoms with Gasteiger partial charge >= 0.3 is 0 Å². The standard InChI is InChI=1S/C23H37FO5/c1-3-4-13-23(29,17(2)24)14-9-12-20-19(21(27)15-22(20)28)11-8-6-5-7-10-18(26)16-25/h9,12,19-20,22,25,28-29H,2-8,10-11,13-16H2,1H3/b12-9+/t19-,20-,22-,23?/m1/s1. The summed E-state index contributed by atoms with van der Waals surface area (Å²) in [6.45, 7) is 4.82. The molecular weight excluding hydrogens is 375 g/mol. The van der Waals surface area contributed by atoms with E-state index in [1.54, 1.807) is 12.2 Å². The Kier molecular flexibility index (Phi) is 11.5. The Bertz CT molecular complexity index is 574. The van der Waals surface area contributed by atoms with Gasteiger partial charge in [0.1, 0.15) is 23.8 Å². The van der Waals surface area contributed by atoms with Gasteiger partial charge in [0.25, 0.3) is 0 Å². The summed E-state index contributed by atoms with van der Waals surface area (Å²) in [5.74, 6) is -1.45. The summed E-state index contributed by atoms with van der Waals surface area (Å²) in [5.41, 5.74) is -1.60. The maximum absolute atomic E-state index is 13.7. The third kappa shape index (κ3) is 8.49. The molecule has 1 aliphatic carbocycles. The minimum absolute atomic E-state index is 0.0405. The molecule has 0 spiro atoms. The zero-order valence-corrected chi connectivity index (χ0v) is 17.6. The molecule has 6 heteroatoms. The van der Waals surface area contributed by atoms with Crippen LogP contribution in [-0.2, 0) is 9.59 Å². The van der Waals surface area contributed by atoms with Crippen LogP contribution in [0.25, 0.3) is 0 Å². The van der Waals surface area contributed by atoms with Crippen LogP contribution in [0.3, 0.4) is 0 Å². The average Bonchev–Trinajstić information content (AvgIpc) is 2.95. The molecule has 166 valence electrons. The zero-order valence-electron chi connectivity index (χ0n) is 17.6. The molecule has 4 atom stereocenters. The predicted octanol–water partition coefficient (Wildman–Crippen LogP) is 3.81. The number of carbonyl (C=O) groups excluding carboxylic acids is 2. The van der Waals surface area contributed by atoms with E-state index in [2.05, 4.69) is 6.58 Å². The van der Waals surface area contributed by atoms with Crippen molar-refractivity contribution in [1.82, 2.24) is 0 Å². The molecule has 1 aliphatic rings. The highest BCUT2D eigenvalue weighted by Crippen LogP contribution is 2.35. The Labute approximate surface area is 173 Å². The molecule has 1 unspecified atom stereocenters. The molecule has 0 aromatic heterocycles. The topological polar surface area (TPSA) is 94.8 Å². The Balaban J connectivity index is 2.54. The predicted molar refractivity (Wildman–Crippen MR) is 111 cm³/mol. The van der Waals surface area contributed by atoms with Gasteiger partial charge in [0, 0.05) is 31.1 Å². The Morgan fingerprint density at radius 2 is 1.97 bits per heavy atom. The van der Waals surface area contributed by atoms with Crippen molar-refractivity contribution >= 4 is 11.6 Å². The fraction of sp³-hybridized carbons (Fsp3) is 0.739. The van der Waals surface area contributed by atoms with E-state index >= 15 is 0 Å². The van der Waals surface area contributed by atoms with Crippen molar-refractivity contribution in [2.75, 3.05) is 6.61 Å². The number of Topliss-reactive ketones (excluding diaryl/α,β-unsaturated/α-hetero) is 2. The highest BCUT2D eigenvalue weighted by Gasteiger charge is 2.39. The van der Waals surface area contributed by atoms with E-state index in [0.717, 1.165) is 32.1 Å². The second kappa shape index (κ2) is 13.0. The summed E-state index contributed by atoms with van der Waals surface area (Å²) in [5, 5.41) is 29.4. The second-order valence-electron chi connectivity index (χ2n) is 8.24. The number of unbranched alkanes of at least 4 members (excludes halogenated alkanes) is 4. The number of carbonyl (C=O) groups is 2. The van der Waals surface area contributed by atoms with Gasteiger partial charge in [0.2, 0.25) is 0 Å². The van der Waals surface area contributed by atoms with Crippen molar-refractivity contribution in [3.8, 4) is 0 Å². The lowest BCUT2D eigenvalue weighted by Gasteiger charge is -2.25. The first-order valence-electron chi connectivity index (χ1n) is 10.8. The molecule has 0 aromatic carbocycles. The molecule has 5 nitrogen and oxygen atoms in total. The van der Waals surface area contributed by atoms with Crippen molar-refractivity contribution < 1.29 is 29.3 Å². The molecule has 0 bridgehead atoms. The van der Waals surface area contributed by atoms with Gasteiger partial charge in [-0.05, 0) is 19.3 Å². The van der Waals surface area contributed by atoms with Gasteiger partial charge in [-0.3, -0.25) is 9.59 Å². The van der Waals surface area contributed by atoms with Gasteiger partial charge in [-0.1, -0.05) is 57.8 Å². The molecule has 29 heavy (non-hydrogen) atoms. The van der Waals surface area contributed by atoms with Crippen LogP contribution < -0.4 is 0 Å². The summed E-state index contributed by atoms with van der Waals surface area (Å²) in [4.78, 5) is 23.3. The Morgan fingerprint density at radius 1 is 1.28 bits per heavy atom. The van der Waals surface area contributed by atoms with Crippen molar-refractivity contribution in [3.63, 3.8) is 0 Å². The summed E-state index contributed by atoms with van der Waals surface area (Å²) in [6.07, 6.45) is 9.02. The monoisotopic (exact) mass is 412 g/mol. The van der Waals surface area contributed by atoms with Crippen molar-refractivity contribution in [2.24, 2.45) is 11.8 Å². The van der Waals surface area contributed by atoms with Gasteiger partial charge in [0.15, 0.2) is 5.78 Å². The number of rotatable bonds is 15. The normalized spacial score (nSPS) is 24.2. The van der Waals surface area contributed by atoms with Crippen molar-refractivity contribution in [3.05, 3.63) is 24.6 Å². The number of ketones is 2. The van der Waals surface area contributed by atoms with E-state index in [0.29, 0.717) is 19.3 Å². The van der Waals surface area contributed by atoms with Crippen LogP contribution in [-0.4, -0.2) is 45.2 Å². The van der Waals surface area contributed by atoms with Crippen LogP contribution >= 0.6 is 0 Å². The largest absolute Gasteiger partial charge is 0.392 e. The number of aliphatic hydroxyl groups excluding tert-OH is 2. The van der Waals surface area contributed by atoms with Gasteiger partial charge < -0.3 is 15.3 Å². The number of hydrogen-bond acceptors (Lipinski definition) is 5. The second-order valence-corrected chi connectivity index (χ2v) is 8.24. The molecule has 0 amide bonds. The fourth-order valence-corrected chi connectivity index (χ4v) is 3.95. The first kappa shape index (κ1) is 25.7. The van der Waals surface area contributed by atoms with E-state index in [9.17, 15) is 24.2 Å². The van der Waals surface area contributed by atoms with Crippen LogP contribution in [0.4, 0.5) is 4.39 Å². The minimum Gasteiger partial charge on any atom is -0.392 e. The highest BCUT2D eigenvalue weighted by atomic mass is 19.1. The maximum atomic E-state index is 13.7. The van der Waals surface area contributed by atoms with Crippen LogP contribution in [0.15, 0.2) is 24.6 Å². The molecule has 3 N–H and O–H groups in total. The summed E-state index contributed by atoms with van der Waals surface area (Å²) in [7, 11) is 0. The van der Waals surface area contributed by atoms with E-state index in [4.69, 9.17) is 5.11 Å². The highest BCUT2D eigenvalue weighted by molar-refractivity contribution is 5.84. The van der Waals surface area contributed by atoms with Crippen LogP contribution in [0.2, 0.25) is 0 Å². The third-order valence-corrected chi connectivity index (χ3v) is 5.89. The molecule has 0 saturated heterocycles. The van der Waals surface area contributed by atoms with Crippen LogP contribution in [0, 0.1) is 11.8 Å². The van der Waals surface area contributed by atoms with Gasteiger partial charge in [-0.25, -0.2) is 4.39 Å². The molecule has 0 aromatic rings. The van der Waals surface area contributed by atoms with Crippen LogP contribution in [0.5, 0.6) is 0 Å². The molecule has 0 heterocycles. The van der Waals surface area contributed by atoms with Gasteiger partial charge in [-0.15, -0.1) is 0 Å². The first-order chi connectivity index (χ1) is 13.7. The summed E-state index contributed by atoms with van der Waals surface area (Å²) in [6, 6.07) is 0. The average molecular weight is 413 g/mol. The van der Waals surface area contributed by atoms with Crippen molar-refractivity contribution in [2.45, 2.75) is 89.3 Å². The first-order valence-corrected chi connectivity index (χ1v) is 10.8. The van der Waals surface area contributed by atoms with Gasteiger partial charge in [0.05, 0.1) is 6.10 Å². The zero-order chi connectivity index (χ0) is 21.9. The van der Waals surface area contributed by atoms with Gasteiger partial charge in [-0.2, -0.15) is 0 Å². The Hall–Kier alpha value is -1.37. The molecular formula is C23H37FO5. The molecule has 0 radical (unpaired) electrons. The lowest BCUT2D eigenvalue weighted by molar-refractivity contribution is -0.122. The lowest BCUT2D eigenvalue weighted by Crippen LogP contribution is -2.28. The molecule has 1 rings (SSSR count). The van der Waals surface area contributed by atoms with E-state index in [1.807, 2.05) is 6.92 Å². The quantitative estimate of drug-likeness (QED) is 0.281. The fourth-order valence-electron chi connectivity index (χ4n) is 3.95. The molecule has 1 saturated carbocycles. The summed E-state index contributed by atoms with van der Waals surface area (Å²) >= 11 is 0. The van der Waals surface area contributed by atoms with E-state index in [1.165, 1.54) is 0 Å².